The number of hydrogen-bond acceptors (Lipinski definition) is 4. The number of carbonyl (C=O) groups is 1. The van der Waals surface area contributed by atoms with Crippen molar-refractivity contribution in [1.29, 1.82) is 0 Å². The van der Waals surface area contributed by atoms with Crippen LogP contribution in [0.2, 0.25) is 0 Å². The van der Waals surface area contributed by atoms with Gasteiger partial charge in [-0.1, -0.05) is 17.4 Å². The summed E-state index contributed by atoms with van der Waals surface area (Å²) in [5, 5.41) is 3.40. The molecule has 4 nitrogen and oxygen atoms in total. The van der Waals surface area contributed by atoms with Crippen molar-refractivity contribution >= 4 is 48.5 Å². The lowest BCUT2D eigenvalue weighted by Crippen LogP contribution is -2.11. The van der Waals surface area contributed by atoms with E-state index in [1.807, 2.05) is 25.1 Å². The number of amides is 1. The third-order valence-corrected chi connectivity index (χ3v) is 4.45. The summed E-state index contributed by atoms with van der Waals surface area (Å²) in [7, 11) is 0. The summed E-state index contributed by atoms with van der Waals surface area (Å²) in [6, 6.07) is 7.57. The summed E-state index contributed by atoms with van der Waals surface area (Å²) in [5.41, 5.74) is 1.40. The van der Waals surface area contributed by atoms with E-state index in [0.29, 0.717) is 16.5 Å². The third-order valence-electron chi connectivity index (χ3n) is 2.88. The van der Waals surface area contributed by atoms with E-state index in [1.54, 1.807) is 13.0 Å². The maximum Gasteiger partial charge on any atom is 0.260 e. The Morgan fingerprint density at radius 1 is 1.40 bits per heavy atom. The van der Waals surface area contributed by atoms with Gasteiger partial charge in [-0.15, -0.1) is 0 Å². The fourth-order valence-corrected chi connectivity index (χ4v) is 3.46. The highest BCUT2D eigenvalue weighted by atomic mass is 79.9. The molecule has 0 bridgehead atoms. The van der Waals surface area contributed by atoms with E-state index in [1.165, 1.54) is 11.3 Å². The van der Waals surface area contributed by atoms with Gasteiger partial charge >= 0.3 is 0 Å². The minimum Gasteiger partial charge on any atom is -0.466 e. The van der Waals surface area contributed by atoms with Gasteiger partial charge in [-0.3, -0.25) is 10.1 Å². The van der Waals surface area contributed by atoms with Gasteiger partial charge < -0.3 is 4.42 Å². The van der Waals surface area contributed by atoms with Gasteiger partial charge in [0.25, 0.3) is 5.91 Å². The molecule has 0 aliphatic carbocycles. The molecular weight excluding hydrogens is 340 g/mol. The van der Waals surface area contributed by atoms with Gasteiger partial charge in [0.05, 0.1) is 15.8 Å². The highest BCUT2D eigenvalue weighted by Gasteiger charge is 2.15. The zero-order valence-corrected chi connectivity index (χ0v) is 13.3. The number of para-hydroxylation sites is 1. The van der Waals surface area contributed by atoms with Gasteiger partial charge in [0, 0.05) is 4.47 Å². The largest absolute Gasteiger partial charge is 0.466 e. The Kier molecular flexibility index (Phi) is 3.35. The topological polar surface area (TPSA) is 55.1 Å². The summed E-state index contributed by atoms with van der Waals surface area (Å²) in [4.78, 5) is 16.6. The second-order valence-corrected chi connectivity index (χ2v) is 6.27. The summed E-state index contributed by atoms with van der Waals surface area (Å²) in [6.45, 7) is 3.59. The molecule has 3 rings (SSSR count). The molecule has 1 amide bonds. The summed E-state index contributed by atoms with van der Waals surface area (Å²) < 4.78 is 7.31. The Labute approximate surface area is 127 Å². The predicted molar refractivity (Wildman–Crippen MR) is 83.5 cm³/mol. The Hall–Kier alpha value is -1.66. The molecule has 0 fully saturated rings. The highest BCUT2D eigenvalue weighted by Crippen LogP contribution is 2.31. The number of nitrogens with one attached hydrogen (secondary N) is 1. The molecule has 0 aliphatic rings. The Balaban J connectivity index is 1.91. The molecule has 0 unspecified atom stereocenters. The van der Waals surface area contributed by atoms with Crippen LogP contribution < -0.4 is 5.32 Å². The average molecular weight is 351 g/mol. The van der Waals surface area contributed by atoms with Gasteiger partial charge in [0.2, 0.25) is 0 Å². The second-order valence-electron chi connectivity index (χ2n) is 4.39. The second kappa shape index (κ2) is 5.03. The number of rotatable bonds is 2. The first kappa shape index (κ1) is 13.3. The molecule has 1 aromatic carbocycles. The number of benzene rings is 1. The highest BCUT2D eigenvalue weighted by molar-refractivity contribution is 9.10. The van der Waals surface area contributed by atoms with Gasteiger partial charge in [-0.2, -0.15) is 0 Å². The first-order valence-electron chi connectivity index (χ1n) is 5.98. The maximum atomic E-state index is 12.2. The van der Waals surface area contributed by atoms with E-state index in [-0.39, 0.29) is 5.91 Å². The van der Waals surface area contributed by atoms with E-state index in [2.05, 4.69) is 26.2 Å². The molecule has 0 radical (unpaired) electrons. The smallest absolute Gasteiger partial charge is 0.260 e. The van der Waals surface area contributed by atoms with Crippen molar-refractivity contribution in [3.63, 3.8) is 0 Å². The number of nitrogens with zero attached hydrogens (tertiary/aromatic N) is 1. The van der Waals surface area contributed by atoms with Crippen molar-refractivity contribution in [2.45, 2.75) is 13.8 Å². The lowest BCUT2D eigenvalue weighted by Gasteiger charge is -1.98. The SMILES string of the molecule is Cc1cc(C(=O)Nc2nc3c(Br)cccc3s2)c(C)o1. The van der Waals surface area contributed by atoms with Crippen LogP contribution in [0.3, 0.4) is 0 Å². The number of aryl methyl sites for hydroxylation is 2. The van der Waals surface area contributed by atoms with Crippen LogP contribution in [-0.2, 0) is 0 Å². The molecule has 2 aromatic heterocycles. The van der Waals surface area contributed by atoms with Crippen LogP contribution in [-0.4, -0.2) is 10.9 Å². The number of furan rings is 1. The summed E-state index contributed by atoms with van der Waals surface area (Å²) in [6.07, 6.45) is 0. The van der Waals surface area contributed by atoms with Crippen molar-refractivity contribution in [2.75, 3.05) is 5.32 Å². The van der Waals surface area contributed by atoms with E-state index in [9.17, 15) is 4.79 Å². The monoisotopic (exact) mass is 350 g/mol. The van der Waals surface area contributed by atoms with Crippen LogP contribution in [0.5, 0.6) is 0 Å². The summed E-state index contributed by atoms with van der Waals surface area (Å²) >= 11 is 4.90. The standard InChI is InChI=1S/C14H11BrN2O2S/c1-7-6-9(8(2)19-7)13(18)17-14-16-12-10(15)4-3-5-11(12)20-14/h3-6H,1-2H3,(H,16,17,18). The molecule has 102 valence electrons. The molecule has 1 N–H and O–H groups in total. The molecule has 3 aromatic rings. The fourth-order valence-electron chi connectivity index (χ4n) is 1.99. The van der Waals surface area contributed by atoms with Crippen LogP contribution in [0.25, 0.3) is 10.2 Å². The molecule has 0 aliphatic heterocycles. The number of halogens is 1. The van der Waals surface area contributed by atoms with Crippen LogP contribution in [0.15, 0.2) is 33.2 Å². The molecule has 0 spiro atoms. The average Bonchev–Trinajstić information content (AvgIpc) is 2.93. The zero-order chi connectivity index (χ0) is 14.3. The molecule has 0 atom stereocenters. The Morgan fingerprint density at radius 3 is 2.85 bits per heavy atom. The molecule has 2 heterocycles. The summed E-state index contributed by atoms with van der Waals surface area (Å²) in [5.74, 6) is 1.14. The fraction of sp³-hybridized carbons (Fsp3) is 0.143. The number of carbonyl (C=O) groups excluding carboxylic acids is 1. The van der Waals surface area contributed by atoms with Crippen LogP contribution in [0, 0.1) is 13.8 Å². The lowest BCUT2D eigenvalue weighted by molar-refractivity contribution is 0.102. The van der Waals surface area contributed by atoms with E-state index >= 15 is 0 Å². The normalized spacial score (nSPS) is 10.9. The first-order valence-corrected chi connectivity index (χ1v) is 7.59. The molecule has 6 heteroatoms. The van der Waals surface area contributed by atoms with E-state index in [0.717, 1.165) is 20.4 Å². The Morgan fingerprint density at radius 2 is 2.20 bits per heavy atom. The minimum atomic E-state index is -0.200. The lowest BCUT2D eigenvalue weighted by atomic mass is 10.2. The quantitative estimate of drug-likeness (QED) is 0.739. The molecule has 0 saturated heterocycles. The van der Waals surface area contributed by atoms with Crippen molar-refractivity contribution in [1.82, 2.24) is 4.98 Å². The van der Waals surface area contributed by atoms with Gasteiger partial charge in [-0.25, -0.2) is 4.98 Å². The molecule has 0 saturated carbocycles. The van der Waals surface area contributed by atoms with Crippen molar-refractivity contribution < 1.29 is 9.21 Å². The predicted octanol–water partition coefficient (Wildman–Crippen LogP) is 4.52. The van der Waals surface area contributed by atoms with Crippen LogP contribution in [0.4, 0.5) is 5.13 Å². The number of hydrogen-bond donors (Lipinski definition) is 1. The van der Waals surface area contributed by atoms with Crippen LogP contribution >= 0.6 is 27.3 Å². The van der Waals surface area contributed by atoms with Crippen LogP contribution in [0.1, 0.15) is 21.9 Å². The molecular formula is C14H11BrN2O2S. The van der Waals surface area contributed by atoms with Gasteiger partial charge in [-0.05, 0) is 48.0 Å². The minimum absolute atomic E-state index is 0.200. The van der Waals surface area contributed by atoms with Gasteiger partial charge in [0.1, 0.15) is 11.5 Å². The number of anilines is 1. The Bertz CT molecular complexity index is 807. The van der Waals surface area contributed by atoms with Crippen molar-refractivity contribution in [3.05, 3.63) is 45.8 Å². The first-order chi connectivity index (χ1) is 9.54. The van der Waals surface area contributed by atoms with E-state index < -0.39 is 0 Å². The van der Waals surface area contributed by atoms with Gasteiger partial charge in [0.15, 0.2) is 5.13 Å². The number of aromatic nitrogens is 1. The number of fused-ring (bicyclic) bond motifs is 1. The zero-order valence-electron chi connectivity index (χ0n) is 10.9. The molecule has 20 heavy (non-hydrogen) atoms. The number of thiazole rings is 1. The van der Waals surface area contributed by atoms with E-state index in [4.69, 9.17) is 4.42 Å². The third kappa shape index (κ3) is 2.36. The maximum absolute atomic E-state index is 12.2. The van der Waals surface area contributed by atoms with Crippen molar-refractivity contribution in [2.24, 2.45) is 0 Å². The van der Waals surface area contributed by atoms with Crippen molar-refractivity contribution in [3.8, 4) is 0 Å².